The Kier molecular flexibility index (Phi) is 2.81. The molecule has 1 rings (SSSR count). The zero-order chi connectivity index (χ0) is 9.14. The second-order valence-electron chi connectivity index (χ2n) is 3.17. The normalized spacial score (nSPS) is 16.0. The van der Waals surface area contributed by atoms with Crippen LogP contribution in [-0.2, 0) is 7.05 Å². The van der Waals surface area contributed by atoms with Gasteiger partial charge in [-0.25, -0.2) is 0 Å². The summed E-state index contributed by atoms with van der Waals surface area (Å²) in [6.45, 7) is 4.25. The summed E-state index contributed by atoms with van der Waals surface area (Å²) in [5, 5.41) is 8.14. The molecule has 1 aromatic heterocycles. The molecule has 4 heteroatoms. The minimum absolute atomic E-state index is 0.0173. The number of nitrogens with zero attached hydrogens (tertiary/aromatic N) is 3. The molecule has 0 aliphatic rings. The van der Waals surface area contributed by atoms with Crippen molar-refractivity contribution >= 4 is 0 Å². The van der Waals surface area contributed by atoms with Gasteiger partial charge >= 0.3 is 0 Å². The number of nitrogens with two attached hydrogens (primary N) is 1. The van der Waals surface area contributed by atoms with E-state index in [9.17, 15) is 0 Å². The Labute approximate surface area is 72.8 Å². The largest absolute Gasteiger partial charge is 0.322 e. The highest BCUT2D eigenvalue weighted by Gasteiger charge is 2.15. The summed E-state index contributed by atoms with van der Waals surface area (Å²) < 4.78 is 0. The van der Waals surface area contributed by atoms with Gasteiger partial charge in [-0.3, -0.25) is 0 Å². The highest BCUT2D eigenvalue weighted by atomic mass is 15.4. The van der Waals surface area contributed by atoms with Crippen molar-refractivity contribution in [3.8, 4) is 0 Å². The van der Waals surface area contributed by atoms with Crippen LogP contribution in [0.25, 0.3) is 0 Å². The van der Waals surface area contributed by atoms with E-state index in [2.05, 4.69) is 24.0 Å². The van der Waals surface area contributed by atoms with Gasteiger partial charge in [0.05, 0.1) is 17.9 Å². The SMILES string of the molecule is CCC(C)C(N)c1cnn(C)n1. The molecule has 0 spiro atoms. The van der Waals surface area contributed by atoms with E-state index < -0.39 is 0 Å². The highest BCUT2D eigenvalue weighted by Crippen LogP contribution is 2.18. The molecule has 0 aromatic carbocycles. The zero-order valence-corrected chi connectivity index (χ0v) is 7.86. The molecule has 0 fully saturated rings. The Morgan fingerprint density at radius 2 is 2.33 bits per heavy atom. The molecule has 0 amide bonds. The standard InChI is InChI=1S/C8H16N4/c1-4-6(2)8(9)7-5-10-12(3)11-7/h5-6,8H,4,9H2,1-3H3. The summed E-state index contributed by atoms with van der Waals surface area (Å²) in [6, 6.07) is 0.0173. The maximum absolute atomic E-state index is 5.95. The van der Waals surface area contributed by atoms with Crippen LogP contribution in [0, 0.1) is 5.92 Å². The molecule has 1 heterocycles. The predicted octanol–water partition coefficient (Wildman–Crippen LogP) is 0.861. The van der Waals surface area contributed by atoms with Crippen molar-refractivity contribution < 1.29 is 0 Å². The number of aryl methyl sites for hydroxylation is 1. The molecule has 0 radical (unpaired) electrons. The first-order valence-corrected chi connectivity index (χ1v) is 4.27. The van der Waals surface area contributed by atoms with Crippen molar-refractivity contribution in [2.45, 2.75) is 26.3 Å². The first kappa shape index (κ1) is 9.19. The molecular weight excluding hydrogens is 152 g/mol. The fraction of sp³-hybridized carbons (Fsp3) is 0.750. The number of rotatable bonds is 3. The molecule has 4 nitrogen and oxygen atoms in total. The lowest BCUT2D eigenvalue weighted by atomic mass is 9.98. The summed E-state index contributed by atoms with van der Waals surface area (Å²) >= 11 is 0. The van der Waals surface area contributed by atoms with Crippen LogP contribution in [0.15, 0.2) is 6.20 Å². The molecule has 0 saturated heterocycles. The van der Waals surface area contributed by atoms with Crippen molar-refractivity contribution in [1.29, 1.82) is 0 Å². The van der Waals surface area contributed by atoms with Gasteiger partial charge in [-0.05, 0) is 5.92 Å². The summed E-state index contributed by atoms with van der Waals surface area (Å²) in [5.41, 5.74) is 6.83. The van der Waals surface area contributed by atoms with Gasteiger partial charge in [0.25, 0.3) is 0 Å². The van der Waals surface area contributed by atoms with Crippen molar-refractivity contribution in [3.05, 3.63) is 11.9 Å². The fourth-order valence-corrected chi connectivity index (χ4v) is 1.06. The first-order chi connectivity index (χ1) is 5.65. The molecule has 0 aliphatic heterocycles. The summed E-state index contributed by atoms with van der Waals surface area (Å²) in [5.74, 6) is 0.460. The monoisotopic (exact) mass is 168 g/mol. The van der Waals surface area contributed by atoms with Crippen molar-refractivity contribution in [3.63, 3.8) is 0 Å². The van der Waals surface area contributed by atoms with Crippen LogP contribution in [0.5, 0.6) is 0 Å². The maximum atomic E-state index is 5.95. The van der Waals surface area contributed by atoms with E-state index in [1.807, 2.05) is 0 Å². The van der Waals surface area contributed by atoms with Crippen molar-refractivity contribution in [2.75, 3.05) is 0 Å². The maximum Gasteiger partial charge on any atom is 0.0996 e. The van der Waals surface area contributed by atoms with Crippen LogP contribution in [0.3, 0.4) is 0 Å². The lowest BCUT2D eigenvalue weighted by molar-refractivity contribution is 0.444. The van der Waals surface area contributed by atoms with Gasteiger partial charge in [0.15, 0.2) is 0 Å². The van der Waals surface area contributed by atoms with E-state index in [4.69, 9.17) is 5.73 Å². The van der Waals surface area contributed by atoms with Crippen LogP contribution in [0.4, 0.5) is 0 Å². The number of aromatic nitrogens is 3. The molecule has 2 unspecified atom stereocenters. The summed E-state index contributed by atoms with van der Waals surface area (Å²) in [4.78, 5) is 1.54. The van der Waals surface area contributed by atoms with Crippen molar-refractivity contribution in [1.82, 2.24) is 15.0 Å². The third-order valence-corrected chi connectivity index (χ3v) is 2.22. The average molecular weight is 168 g/mol. The molecule has 2 N–H and O–H groups in total. The van der Waals surface area contributed by atoms with Gasteiger partial charge in [-0.1, -0.05) is 20.3 Å². The molecule has 2 atom stereocenters. The van der Waals surface area contributed by atoms with E-state index in [1.54, 1.807) is 13.2 Å². The predicted molar refractivity (Wildman–Crippen MR) is 47.4 cm³/mol. The Morgan fingerprint density at radius 1 is 1.67 bits per heavy atom. The molecule has 0 aliphatic carbocycles. The van der Waals surface area contributed by atoms with E-state index in [0.717, 1.165) is 12.1 Å². The second kappa shape index (κ2) is 3.67. The molecule has 68 valence electrons. The second-order valence-corrected chi connectivity index (χ2v) is 3.17. The summed E-state index contributed by atoms with van der Waals surface area (Å²) in [7, 11) is 1.80. The first-order valence-electron chi connectivity index (χ1n) is 4.27. The van der Waals surface area contributed by atoms with Crippen LogP contribution in [-0.4, -0.2) is 15.0 Å². The Hall–Kier alpha value is -0.900. The van der Waals surface area contributed by atoms with E-state index in [0.29, 0.717) is 5.92 Å². The topological polar surface area (TPSA) is 56.7 Å². The van der Waals surface area contributed by atoms with Crippen LogP contribution in [0.1, 0.15) is 32.0 Å². The van der Waals surface area contributed by atoms with Gasteiger partial charge in [0, 0.05) is 7.05 Å². The van der Waals surface area contributed by atoms with Gasteiger partial charge in [0.2, 0.25) is 0 Å². The third kappa shape index (κ3) is 1.82. The lowest BCUT2D eigenvalue weighted by Gasteiger charge is -2.14. The number of hydrogen-bond donors (Lipinski definition) is 1. The van der Waals surface area contributed by atoms with Crippen LogP contribution < -0.4 is 5.73 Å². The molecule has 0 bridgehead atoms. The zero-order valence-electron chi connectivity index (χ0n) is 7.86. The fourth-order valence-electron chi connectivity index (χ4n) is 1.06. The molecule has 0 saturated carbocycles. The van der Waals surface area contributed by atoms with Gasteiger partial charge in [0.1, 0.15) is 0 Å². The van der Waals surface area contributed by atoms with E-state index >= 15 is 0 Å². The third-order valence-electron chi connectivity index (χ3n) is 2.22. The average Bonchev–Trinajstić information content (AvgIpc) is 2.49. The van der Waals surface area contributed by atoms with E-state index in [1.165, 1.54) is 4.80 Å². The molecular formula is C8H16N4. The smallest absolute Gasteiger partial charge is 0.0996 e. The minimum Gasteiger partial charge on any atom is -0.322 e. The summed E-state index contributed by atoms with van der Waals surface area (Å²) in [6.07, 6.45) is 2.80. The Morgan fingerprint density at radius 3 is 2.75 bits per heavy atom. The van der Waals surface area contributed by atoms with Crippen molar-refractivity contribution in [2.24, 2.45) is 18.7 Å². The van der Waals surface area contributed by atoms with E-state index in [-0.39, 0.29) is 6.04 Å². The highest BCUT2D eigenvalue weighted by molar-refractivity contribution is 5.00. The van der Waals surface area contributed by atoms with Gasteiger partial charge in [-0.2, -0.15) is 15.0 Å². The van der Waals surface area contributed by atoms with Gasteiger partial charge < -0.3 is 5.73 Å². The quantitative estimate of drug-likeness (QED) is 0.728. The van der Waals surface area contributed by atoms with Crippen LogP contribution >= 0.6 is 0 Å². The van der Waals surface area contributed by atoms with Crippen LogP contribution in [0.2, 0.25) is 0 Å². The Bertz CT molecular complexity index is 243. The minimum atomic E-state index is 0.0173. The molecule has 1 aromatic rings. The molecule has 12 heavy (non-hydrogen) atoms. The Balaban J connectivity index is 2.70. The number of hydrogen-bond acceptors (Lipinski definition) is 3. The lowest BCUT2D eigenvalue weighted by Crippen LogP contribution is -2.19. The van der Waals surface area contributed by atoms with Gasteiger partial charge in [-0.15, -0.1) is 0 Å².